The second-order valence-corrected chi connectivity index (χ2v) is 15.0. The Morgan fingerprint density at radius 1 is 0.717 bits per heavy atom. The van der Waals surface area contributed by atoms with Gasteiger partial charge in [0.05, 0.1) is 0 Å². The molecule has 1 aliphatic rings. The molecule has 0 radical (unpaired) electrons. The molecule has 0 spiro atoms. The number of amides is 2. The molecule has 1 N–H and O–H groups in total. The van der Waals surface area contributed by atoms with Gasteiger partial charge >= 0.3 is 0 Å². The monoisotopic (exact) mass is 708 g/mol. The van der Waals surface area contributed by atoms with Crippen LogP contribution in [0.2, 0.25) is 0 Å². The number of aryl methyl sites for hydroxylation is 3. The summed E-state index contributed by atoms with van der Waals surface area (Å²) in [5.41, 5.74) is 10.9. The summed E-state index contributed by atoms with van der Waals surface area (Å²) >= 11 is 0. The van der Waals surface area contributed by atoms with Crippen LogP contribution in [0.25, 0.3) is 11.1 Å². The number of ether oxygens (including phenoxy) is 2. The van der Waals surface area contributed by atoms with Crippen molar-refractivity contribution in [1.82, 2.24) is 4.90 Å². The van der Waals surface area contributed by atoms with Gasteiger partial charge in [0.2, 0.25) is 0 Å². The molecule has 5 aromatic carbocycles. The SMILES string of the molecule is Cc1ccc(C(=O)N2CCC(Oc3ccc(COc4ccc(-c5cc(C)c(C(=O)Nc6c(C(C)C)cccc6C(C)C)c(C)c5)cc4)cc3)CC2)cc1. The van der Waals surface area contributed by atoms with E-state index in [2.05, 4.69) is 75.5 Å². The molecule has 6 rings (SSSR count). The Morgan fingerprint density at radius 3 is 1.85 bits per heavy atom. The Bertz CT molecular complexity index is 1990. The van der Waals surface area contributed by atoms with Gasteiger partial charge in [-0.3, -0.25) is 9.59 Å². The third-order valence-electron chi connectivity index (χ3n) is 10.2. The lowest BCUT2D eigenvalue weighted by molar-refractivity contribution is 0.0595. The minimum Gasteiger partial charge on any atom is -0.490 e. The van der Waals surface area contributed by atoms with E-state index in [1.165, 1.54) is 0 Å². The zero-order chi connectivity index (χ0) is 37.6. The fourth-order valence-corrected chi connectivity index (χ4v) is 7.18. The van der Waals surface area contributed by atoms with Crippen LogP contribution in [-0.2, 0) is 6.61 Å². The lowest BCUT2D eigenvalue weighted by atomic mass is 9.91. The summed E-state index contributed by atoms with van der Waals surface area (Å²) in [6, 6.07) is 34.4. The van der Waals surface area contributed by atoms with E-state index in [9.17, 15) is 9.59 Å². The van der Waals surface area contributed by atoms with E-state index in [0.717, 1.165) is 80.1 Å². The Balaban J connectivity index is 1.02. The number of rotatable bonds is 11. The maximum atomic E-state index is 13.7. The number of anilines is 1. The molecule has 0 atom stereocenters. The molecule has 274 valence electrons. The highest BCUT2D eigenvalue weighted by Crippen LogP contribution is 2.34. The normalized spacial score (nSPS) is 13.3. The van der Waals surface area contributed by atoms with Crippen LogP contribution in [0.5, 0.6) is 11.5 Å². The molecule has 5 aromatic rings. The smallest absolute Gasteiger partial charge is 0.256 e. The highest BCUT2D eigenvalue weighted by Gasteiger charge is 2.25. The van der Waals surface area contributed by atoms with Crippen molar-refractivity contribution >= 4 is 17.5 Å². The first-order valence-electron chi connectivity index (χ1n) is 18.9. The Labute approximate surface area is 315 Å². The molecule has 1 aliphatic heterocycles. The predicted molar refractivity (Wildman–Crippen MR) is 215 cm³/mol. The van der Waals surface area contributed by atoms with Crippen molar-refractivity contribution in [3.63, 3.8) is 0 Å². The van der Waals surface area contributed by atoms with Crippen molar-refractivity contribution in [2.45, 2.75) is 85.9 Å². The predicted octanol–water partition coefficient (Wildman–Crippen LogP) is 11.0. The van der Waals surface area contributed by atoms with Crippen molar-refractivity contribution in [3.8, 4) is 22.6 Å². The van der Waals surface area contributed by atoms with Gasteiger partial charge in [-0.05, 0) is 108 Å². The number of nitrogens with zero attached hydrogens (tertiary/aromatic N) is 1. The van der Waals surface area contributed by atoms with Gasteiger partial charge in [0, 0.05) is 42.7 Å². The Morgan fingerprint density at radius 2 is 1.28 bits per heavy atom. The standard InChI is InChI=1S/C47H52N2O4/c1-30(2)42-9-8-10-43(31(3)4)45(42)48-46(50)44-33(6)27-38(28-34(44)7)36-17-21-39(22-18-36)52-29-35-13-19-40(20-14-35)53-41-23-25-49(26-24-41)47(51)37-15-11-32(5)12-16-37/h8-22,27-28,30-31,41H,23-26,29H2,1-7H3,(H,48,50). The quantitative estimate of drug-likeness (QED) is 0.148. The number of carbonyl (C=O) groups excluding carboxylic acids is 2. The average Bonchev–Trinajstić information content (AvgIpc) is 3.14. The molecule has 1 saturated heterocycles. The van der Waals surface area contributed by atoms with Gasteiger partial charge < -0.3 is 19.7 Å². The van der Waals surface area contributed by atoms with Crippen LogP contribution >= 0.6 is 0 Å². The van der Waals surface area contributed by atoms with Gasteiger partial charge in [0.25, 0.3) is 11.8 Å². The molecule has 6 nitrogen and oxygen atoms in total. The molecule has 53 heavy (non-hydrogen) atoms. The number of likely N-dealkylation sites (tertiary alicyclic amines) is 1. The van der Waals surface area contributed by atoms with E-state index in [0.29, 0.717) is 37.1 Å². The summed E-state index contributed by atoms with van der Waals surface area (Å²) in [4.78, 5) is 28.5. The summed E-state index contributed by atoms with van der Waals surface area (Å²) in [6.45, 7) is 16.5. The fraction of sp³-hybridized carbons (Fsp3) is 0.319. The summed E-state index contributed by atoms with van der Waals surface area (Å²) < 4.78 is 12.4. The molecule has 2 amide bonds. The molecule has 1 heterocycles. The summed E-state index contributed by atoms with van der Waals surface area (Å²) in [5, 5.41) is 3.29. The van der Waals surface area contributed by atoms with Gasteiger partial charge in [-0.15, -0.1) is 0 Å². The summed E-state index contributed by atoms with van der Waals surface area (Å²) in [7, 11) is 0. The summed E-state index contributed by atoms with van der Waals surface area (Å²) in [5.74, 6) is 2.23. The number of hydrogen-bond acceptors (Lipinski definition) is 4. The molecule has 0 aliphatic carbocycles. The molecule has 0 unspecified atom stereocenters. The highest BCUT2D eigenvalue weighted by atomic mass is 16.5. The van der Waals surface area contributed by atoms with E-state index in [4.69, 9.17) is 9.47 Å². The first-order valence-corrected chi connectivity index (χ1v) is 18.9. The van der Waals surface area contributed by atoms with Crippen molar-refractivity contribution in [2.75, 3.05) is 18.4 Å². The second-order valence-electron chi connectivity index (χ2n) is 15.0. The molecule has 0 saturated carbocycles. The number of piperidine rings is 1. The maximum absolute atomic E-state index is 13.7. The van der Waals surface area contributed by atoms with Crippen LogP contribution in [0.1, 0.15) is 106 Å². The van der Waals surface area contributed by atoms with E-state index in [1.54, 1.807) is 0 Å². The molecular weight excluding hydrogens is 657 g/mol. The zero-order valence-electron chi connectivity index (χ0n) is 32.2. The molecule has 0 aromatic heterocycles. The number of carbonyl (C=O) groups is 2. The average molecular weight is 709 g/mol. The number of nitrogens with one attached hydrogen (secondary N) is 1. The number of para-hydroxylation sites is 1. The van der Waals surface area contributed by atoms with Crippen molar-refractivity contribution in [1.29, 1.82) is 0 Å². The molecule has 1 fully saturated rings. The number of hydrogen-bond donors (Lipinski definition) is 1. The topological polar surface area (TPSA) is 67.9 Å². The van der Waals surface area contributed by atoms with Crippen molar-refractivity contribution in [3.05, 3.63) is 148 Å². The first-order chi connectivity index (χ1) is 25.5. The Kier molecular flexibility index (Phi) is 11.7. The highest BCUT2D eigenvalue weighted by molar-refractivity contribution is 6.07. The third kappa shape index (κ3) is 9.00. The maximum Gasteiger partial charge on any atom is 0.256 e. The Hall–Kier alpha value is -5.36. The lowest BCUT2D eigenvalue weighted by Crippen LogP contribution is -2.41. The van der Waals surface area contributed by atoms with Crippen molar-refractivity contribution < 1.29 is 19.1 Å². The minimum absolute atomic E-state index is 0.0718. The van der Waals surface area contributed by atoms with Crippen molar-refractivity contribution in [2.24, 2.45) is 0 Å². The van der Waals surface area contributed by atoms with E-state index in [-0.39, 0.29) is 17.9 Å². The van der Waals surface area contributed by atoms with Crippen LogP contribution < -0.4 is 14.8 Å². The van der Waals surface area contributed by atoms with Crippen LogP contribution in [0.15, 0.2) is 103 Å². The van der Waals surface area contributed by atoms with Crippen LogP contribution in [0.3, 0.4) is 0 Å². The third-order valence-corrected chi connectivity index (χ3v) is 10.2. The second kappa shape index (κ2) is 16.5. The van der Waals surface area contributed by atoms with Crippen LogP contribution in [-0.4, -0.2) is 35.9 Å². The van der Waals surface area contributed by atoms with Crippen LogP contribution in [0, 0.1) is 20.8 Å². The molecule has 0 bridgehead atoms. The van der Waals surface area contributed by atoms with E-state index < -0.39 is 0 Å². The largest absolute Gasteiger partial charge is 0.490 e. The van der Waals surface area contributed by atoms with Gasteiger partial charge in [0.15, 0.2) is 0 Å². The zero-order valence-corrected chi connectivity index (χ0v) is 32.2. The fourth-order valence-electron chi connectivity index (χ4n) is 7.18. The molecular formula is C47H52N2O4. The van der Waals surface area contributed by atoms with E-state index in [1.807, 2.05) is 86.3 Å². The van der Waals surface area contributed by atoms with Gasteiger partial charge in [0.1, 0.15) is 24.2 Å². The lowest BCUT2D eigenvalue weighted by Gasteiger charge is -2.32. The molecule has 6 heteroatoms. The summed E-state index contributed by atoms with van der Waals surface area (Å²) in [6.07, 6.45) is 1.71. The van der Waals surface area contributed by atoms with Gasteiger partial charge in [-0.1, -0.05) is 100.0 Å². The van der Waals surface area contributed by atoms with Gasteiger partial charge in [-0.25, -0.2) is 0 Å². The number of benzene rings is 5. The van der Waals surface area contributed by atoms with E-state index >= 15 is 0 Å². The van der Waals surface area contributed by atoms with Crippen LogP contribution in [0.4, 0.5) is 5.69 Å². The minimum atomic E-state index is -0.0718. The van der Waals surface area contributed by atoms with Gasteiger partial charge in [-0.2, -0.15) is 0 Å². The first kappa shape index (κ1) is 37.4.